The summed E-state index contributed by atoms with van der Waals surface area (Å²) in [5, 5.41) is 6.51. The fourth-order valence-electron chi connectivity index (χ4n) is 4.22. The Morgan fingerprint density at radius 3 is 2.88 bits per heavy atom. The van der Waals surface area contributed by atoms with Crippen LogP contribution in [0.3, 0.4) is 0 Å². The fraction of sp³-hybridized carbons (Fsp3) is 0.435. The van der Waals surface area contributed by atoms with Gasteiger partial charge in [0, 0.05) is 13.0 Å². The SMILES string of the molecule is O=C(CCCc1ccc2c(c1)-c1ccccc1C2)NCC1CCCNC1. The summed E-state index contributed by atoms with van der Waals surface area (Å²) in [4.78, 5) is 12.1. The van der Waals surface area contributed by atoms with Gasteiger partial charge in [0.1, 0.15) is 0 Å². The molecule has 1 saturated heterocycles. The average molecular weight is 348 g/mol. The van der Waals surface area contributed by atoms with E-state index in [-0.39, 0.29) is 5.91 Å². The molecule has 3 nitrogen and oxygen atoms in total. The van der Waals surface area contributed by atoms with Crippen molar-refractivity contribution in [3.63, 3.8) is 0 Å². The van der Waals surface area contributed by atoms with Crippen molar-refractivity contribution in [3.8, 4) is 11.1 Å². The molecule has 1 atom stereocenters. The molecule has 0 radical (unpaired) electrons. The van der Waals surface area contributed by atoms with E-state index >= 15 is 0 Å². The highest BCUT2D eigenvalue weighted by atomic mass is 16.1. The third-order valence-corrected chi connectivity index (χ3v) is 5.72. The van der Waals surface area contributed by atoms with Crippen LogP contribution in [-0.2, 0) is 17.6 Å². The van der Waals surface area contributed by atoms with Crippen LogP contribution in [0, 0.1) is 5.92 Å². The Bertz CT molecular complexity index is 778. The maximum absolute atomic E-state index is 12.1. The number of hydrogen-bond donors (Lipinski definition) is 2. The molecule has 2 aliphatic rings. The Labute approximate surface area is 156 Å². The Balaban J connectivity index is 1.26. The first-order chi connectivity index (χ1) is 12.8. The second-order valence-electron chi connectivity index (χ2n) is 7.70. The molecule has 26 heavy (non-hydrogen) atoms. The molecule has 1 heterocycles. The van der Waals surface area contributed by atoms with Crippen LogP contribution < -0.4 is 10.6 Å². The summed E-state index contributed by atoms with van der Waals surface area (Å²) >= 11 is 0. The highest BCUT2D eigenvalue weighted by molar-refractivity contribution is 5.77. The van der Waals surface area contributed by atoms with Crippen LogP contribution in [0.25, 0.3) is 11.1 Å². The van der Waals surface area contributed by atoms with Gasteiger partial charge in [0.25, 0.3) is 0 Å². The maximum atomic E-state index is 12.1. The lowest BCUT2D eigenvalue weighted by molar-refractivity contribution is -0.121. The summed E-state index contributed by atoms with van der Waals surface area (Å²) < 4.78 is 0. The van der Waals surface area contributed by atoms with Crippen molar-refractivity contribution in [2.75, 3.05) is 19.6 Å². The van der Waals surface area contributed by atoms with Crippen LogP contribution in [0.4, 0.5) is 0 Å². The molecule has 2 aromatic carbocycles. The van der Waals surface area contributed by atoms with Crippen LogP contribution in [0.5, 0.6) is 0 Å². The third kappa shape index (κ3) is 3.99. The van der Waals surface area contributed by atoms with Crippen LogP contribution in [0.1, 0.15) is 42.4 Å². The van der Waals surface area contributed by atoms with Gasteiger partial charge in [-0.15, -0.1) is 0 Å². The second kappa shape index (κ2) is 8.05. The van der Waals surface area contributed by atoms with E-state index < -0.39 is 0 Å². The van der Waals surface area contributed by atoms with Gasteiger partial charge in [-0.05, 0) is 78.9 Å². The number of benzene rings is 2. The predicted molar refractivity (Wildman–Crippen MR) is 106 cm³/mol. The zero-order chi connectivity index (χ0) is 17.8. The van der Waals surface area contributed by atoms with Crippen LogP contribution in [0.15, 0.2) is 42.5 Å². The van der Waals surface area contributed by atoms with Gasteiger partial charge >= 0.3 is 0 Å². The van der Waals surface area contributed by atoms with Crippen molar-refractivity contribution < 1.29 is 4.79 Å². The number of rotatable bonds is 6. The van der Waals surface area contributed by atoms with Gasteiger partial charge in [-0.2, -0.15) is 0 Å². The lowest BCUT2D eigenvalue weighted by Crippen LogP contribution is -2.38. The molecule has 4 rings (SSSR count). The van der Waals surface area contributed by atoms with E-state index in [1.54, 1.807) is 0 Å². The van der Waals surface area contributed by atoms with Gasteiger partial charge in [0.2, 0.25) is 5.91 Å². The topological polar surface area (TPSA) is 41.1 Å². The molecule has 3 heteroatoms. The molecule has 0 aromatic heterocycles. The molecule has 1 fully saturated rings. The van der Waals surface area contributed by atoms with Gasteiger partial charge in [-0.3, -0.25) is 4.79 Å². The molecule has 0 saturated carbocycles. The minimum absolute atomic E-state index is 0.196. The molecule has 0 bridgehead atoms. The van der Waals surface area contributed by atoms with Crippen molar-refractivity contribution in [1.82, 2.24) is 10.6 Å². The predicted octanol–water partition coefficient (Wildman–Crippen LogP) is 3.70. The molecule has 2 aromatic rings. The number of hydrogen-bond acceptors (Lipinski definition) is 2. The fourth-order valence-corrected chi connectivity index (χ4v) is 4.22. The number of nitrogens with one attached hydrogen (secondary N) is 2. The average Bonchev–Trinajstić information content (AvgIpc) is 3.05. The largest absolute Gasteiger partial charge is 0.356 e. The van der Waals surface area contributed by atoms with Crippen molar-refractivity contribution in [1.29, 1.82) is 0 Å². The van der Waals surface area contributed by atoms with Crippen LogP contribution in [-0.4, -0.2) is 25.5 Å². The first kappa shape index (κ1) is 17.3. The minimum Gasteiger partial charge on any atom is -0.356 e. The summed E-state index contributed by atoms with van der Waals surface area (Å²) in [5.41, 5.74) is 6.95. The molecular weight excluding hydrogens is 320 g/mol. The monoisotopic (exact) mass is 348 g/mol. The second-order valence-corrected chi connectivity index (χ2v) is 7.70. The van der Waals surface area contributed by atoms with Gasteiger partial charge in [0.05, 0.1) is 0 Å². The Hall–Kier alpha value is -2.13. The molecule has 1 aliphatic heterocycles. The van der Waals surface area contributed by atoms with Gasteiger partial charge in [0.15, 0.2) is 0 Å². The van der Waals surface area contributed by atoms with E-state index in [9.17, 15) is 4.79 Å². The van der Waals surface area contributed by atoms with E-state index in [1.807, 2.05) is 0 Å². The zero-order valence-corrected chi connectivity index (χ0v) is 15.4. The molecule has 136 valence electrons. The van der Waals surface area contributed by atoms with Crippen LogP contribution >= 0.6 is 0 Å². The highest BCUT2D eigenvalue weighted by Crippen LogP contribution is 2.36. The molecular formula is C23H28N2O. The number of aryl methyl sites for hydroxylation is 1. The lowest BCUT2D eigenvalue weighted by atomic mass is 9.99. The van der Waals surface area contributed by atoms with E-state index in [0.717, 1.165) is 38.9 Å². The summed E-state index contributed by atoms with van der Waals surface area (Å²) in [6, 6.07) is 15.5. The number of piperidine rings is 1. The van der Waals surface area contributed by atoms with Gasteiger partial charge < -0.3 is 10.6 Å². The van der Waals surface area contributed by atoms with Crippen LogP contribution in [0.2, 0.25) is 0 Å². The van der Waals surface area contributed by atoms with E-state index in [0.29, 0.717) is 12.3 Å². The van der Waals surface area contributed by atoms with Crippen molar-refractivity contribution in [2.45, 2.75) is 38.5 Å². The van der Waals surface area contributed by atoms with Crippen molar-refractivity contribution >= 4 is 5.91 Å². The van der Waals surface area contributed by atoms with Gasteiger partial charge in [-0.25, -0.2) is 0 Å². The zero-order valence-electron chi connectivity index (χ0n) is 15.4. The summed E-state index contributed by atoms with van der Waals surface area (Å²) in [7, 11) is 0. The standard InChI is InChI=1S/C23H28N2O/c26-23(25-16-18-6-4-12-24-15-18)9-3-5-17-10-11-20-14-19-7-1-2-8-21(19)22(20)13-17/h1-2,7-8,10-11,13,18,24H,3-6,9,12,14-16H2,(H,25,26). The Morgan fingerprint density at radius 1 is 1.12 bits per heavy atom. The molecule has 1 aliphatic carbocycles. The molecule has 0 spiro atoms. The van der Waals surface area contributed by atoms with Gasteiger partial charge in [-0.1, -0.05) is 42.5 Å². The van der Waals surface area contributed by atoms with Crippen molar-refractivity contribution in [3.05, 3.63) is 59.2 Å². The van der Waals surface area contributed by atoms with Crippen molar-refractivity contribution in [2.24, 2.45) is 5.92 Å². The quantitative estimate of drug-likeness (QED) is 0.713. The Morgan fingerprint density at radius 2 is 2.00 bits per heavy atom. The lowest BCUT2D eigenvalue weighted by Gasteiger charge is -2.22. The number of carbonyl (C=O) groups excluding carboxylic acids is 1. The molecule has 1 unspecified atom stereocenters. The minimum atomic E-state index is 0.196. The van der Waals surface area contributed by atoms with E-state index in [4.69, 9.17) is 0 Å². The summed E-state index contributed by atoms with van der Waals surface area (Å²) in [6.45, 7) is 2.98. The normalized spacial score (nSPS) is 18.2. The highest BCUT2D eigenvalue weighted by Gasteiger charge is 2.18. The number of carbonyl (C=O) groups is 1. The number of fused-ring (bicyclic) bond motifs is 3. The Kier molecular flexibility index (Phi) is 5.35. The third-order valence-electron chi connectivity index (χ3n) is 5.72. The first-order valence-corrected chi connectivity index (χ1v) is 9.97. The van der Waals surface area contributed by atoms with E-state index in [2.05, 4.69) is 53.1 Å². The number of amides is 1. The molecule has 1 amide bonds. The molecule has 2 N–H and O–H groups in total. The first-order valence-electron chi connectivity index (χ1n) is 9.97. The summed E-state index contributed by atoms with van der Waals surface area (Å²) in [5.74, 6) is 0.798. The smallest absolute Gasteiger partial charge is 0.220 e. The van der Waals surface area contributed by atoms with E-state index in [1.165, 1.54) is 40.7 Å². The maximum Gasteiger partial charge on any atom is 0.220 e. The summed E-state index contributed by atoms with van der Waals surface area (Å²) in [6.07, 6.45) is 5.99.